The van der Waals surface area contributed by atoms with Gasteiger partial charge in [0.1, 0.15) is 0 Å². The van der Waals surface area contributed by atoms with Crippen LogP contribution in [0.1, 0.15) is 20.3 Å². The lowest BCUT2D eigenvalue weighted by molar-refractivity contribution is 0.324. The van der Waals surface area contributed by atoms with Gasteiger partial charge in [-0.05, 0) is 18.4 Å². The number of hydrogen-bond acceptors (Lipinski definition) is 2. The first kappa shape index (κ1) is 9.26. The van der Waals surface area contributed by atoms with Gasteiger partial charge in [-0.25, -0.2) is 4.98 Å². The normalized spacial score (nSPS) is 11.9. The highest BCUT2D eigenvalue weighted by molar-refractivity contribution is 4.76. The van der Waals surface area contributed by atoms with Crippen LogP contribution in [-0.2, 0) is 6.54 Å². The zero-order valence-corrected chi connectivity index (χ0v) is 7.83. The molecule has 0 bridgehead atoms. The molecule has 12 heavy (non-hydrogen) atoms. The summed E-state index contributed by atoms with van der Waals surface area (Å²) in [4.78, 5) is 3.98. The van der Waals surface area contributed by atoms with E-state index in [9.17, 15) is 0 Å². The fraction of sp³-hybridized carbons (Fsp3) is 0.667. The molecule has 1 aromatic heterocycles. The molecule has 68 valence electrons. The summed E-state index contributed by atoms with van der Waals surface area (Å²) >= 11 is 0. The monoisotopic (exact) mass is 167 g/mol. The van der Waals surface area contributed by atoms with Crippen molar-refractivity contribution in [2.24, 2.45) is 11.1 Å². The topological polar surface area (TPSA) is 43.8 Å². The Morgan fingerprint density at radius 3 is 2.75 bits per heavy atom. The highest BCUT2D eigenvalue weighted by Gasteiger charge is 2.14. The van der Waals surface area contributed by atoms with Crippen LogP contribution in [0.4, 0.5) is 0 Å². The van der Waals surface area contributed by atoms with Gasteiger partial charge < -0.3 is 10.3 Å². The number of imidazole rings is 1. The molecule has 0 radical (unpaired) electrons. The second-order valence-corrected chi connectivity index (χ2v) is 3.92. The molecule has 1 heterocycles. The molecule has 0 saturated carbocycles. The van der Waals surface area contributed by atoms with Gasteiger partial charge in [-0.1, -0.05) is 13.8 Å². The van der Waals surface area contributed by atoms with Crippen molar-refractivity contribution in [3.63, 3.8) is 0 Å². The van der Waals surface area contributed by atoms with Crippen LogP contribution in [0.3, 0.4) is 0 Å². The van der Waals surface area contributed by atoms with E-state index in [2.05, 4.69) is 23.4 Å². The minimum Gasteiger partial charge on any atom is -0.337 e. The van der Waals surface area contributed by atoms with Gasteiger partial charge in [-0.2, -0.15) is 0 Å². The van der Waals surface area contributed by atoms with Crippen molar-refractivity contribution in [1.29, 1.82) is 0 Å². The number of aromatic nitrogens is 2. The van der Waals surface area contributed by atoms with E-state index >= 15 is 0 Å². The molecule has 0 unspecified atom stereocenters. The summed E-state index contributed by atoms with van der Waals surface area (Å²) in [5.41, 5.74) is 5.86. The number of nitrogens with two attached hydrogens (primary N) is 1. The molecule has 1 aromatic rings. The highest BCUT2D eigenvalue weighted by atomic mass is 15.0. The first-order chi connectivity index (χ1) is 5.64. The zero-order valence-electron chi connectivity index (χ0n) is 7.83. The molecular formula is C9H17N3. The van der Waals surface area contributed by atoms with Crippen LogP contribution in [0.15, 0.2) is 18.7 Å². The number of hydrogen-bond donors (Lipinski definition) is 1. The van der Waals surface area contributed by atoms with Crippen LogP contribution in [-0.4, -0.2) is 16.1 Å². The molecule has 0 fully saturated rings. The molecule has 0 aliphatic carbocycles. The van der Waals surface area contributed by atoms with Crippen molar-refractivity contribution < 1.29 is 0 Å². The van der Waals surface area contributed by atoms with Gasteiger partial charge in [-0.15, -0.1) is 0 Å². The van der Waals surface area contributed by atoms with Crippen LogP contribution in [0.25, 0.3) is 0 Å². The maximum absolute atomic E-state index is 5.62. The lowest BCUT2D eigenvalue weighted by atomic mass is 9.90. The predicted molar refractivity (Wildman–Crippen MR) is 49.7 cm³/mol. The van der Waals surface area contributed by atoms with Gasteiger partial charge in [0, 0.05) is 18.9 Å². The van der Waals surface area contributed by atoms with Crippen molar-refractivity contribution in [1.82, 2.24) is 9.55 Å². The van der Waals surface area contributed by atoms with Crippen molar-refractivity contribution in [2.75, 3.05) is 6.54 Å². The Morgan fingerprint density at radius 1 is 1.50 bits per heavy atom. The third-order valence-corrected chi connectivity index (χ3v) is 2.16. The molecule has 3 nitrogen and oxygen atoms in total. The van der Waals surface area contributed by atoms with E-state index in [0.717, 1.165) is 19.5 Å². The summed E-state index contributed by atoms with van der Waals surface area (Å²) in [6, 6.07) is 0. The number of rotatable bonds is 4. The van der Waals surface area contributed by atoms with Crippen LogP contribution in [0, 0.1) is 5.41 Å². The van der Waals surface area contributed by atoms with Gasteiger partial charge >= 0.3 is 0 Å². The van der Waals surface area contributed by atoms with Crippen molar-refractivity contribution in [3.05, 3.63) is 18.7 Å². The molecule has 0 atom stereocenters. The summed E-state index contributed by atoms with van der Waals surface area (Å²) in [6.07, 6.45) is 6.72. The third kappa shape index (κ3) is 2.66. The second-order valence-electron chi connectivity index (χ2n) is 3.92. The Hall–Kier alpha value is -0.830. The van der Waals surface area contributed by atoms with E-state index in [4.69, 9.17) is 5.73 Å². The smallest absolute Gasteiger partial charge is 0.0945 e. The molecule has 0 spiro atoms. The fourth-order valence-corrected chi connectivity index (χ4v) is 0.953. The third-order valence-electron chi connectivity index (χ3n) is 2.16. The largest absolute Gasteiger partial charge is 0.337 e. The quantitative estimate of drug-likeness (QED) is 0.733. The molecule has 0 aromatic carbocycles. The average Bonchev–Trinajstić information content (AvgIpc) is 2.53. The zero-order chi connectivity index (χ0) is 9.03. The molecule has 2 N–H and O–H groups in total. The van der Waals surface area contributed by atoms with E-state index in [-0.39, 0.29) is 5.41 Å². The van der Waals surface area contributed by atoms with Crippen LogP contribution >= 0.6 is 0 Å². The van der Waals surface area contributed by atoms with Crippen molar-refractivity contribution in [3.8, 4) is 0 Å². The minimum atomic E-state index is 0.240. The molecule has 0 aliphatic heterocycles. The van der Waals surface area contributed by atoms with Gasteiger partial charge in [0.2, 0.25) is 0 Å². The Balaban J connectivity index is 2.36. The number of nitrogens with zero attached hydrogens (tertiary/aromatic N) is 2. The van der Waals surface area contributed by atoms with E-state index in [1.807, 2.05) is 12.5 Å². The predicted octanol–water partition coefficient (Wildman–Crippen LogP) is 1.26. The fourth-order valence-electron chi connectivity index (χ4n) is 0.953. The Labute approximate surface area is 73.6 Å². The van der Waals surface area contributed by atoms with Crippen molar-refractivity contribution in [2.45, 2.75) is 26.8 Å². The average molecular weight is 167 g/mol. The molecular weight excluding hydrogens is 150 g/mol. The van der Waals surface area contributed by atoms with E-state index in [1.54, 1.807) is 6.20 Å². The summed E-state index contributed by atoms with van der Waals surface area (Å²) in [5.74, 6) is 0. The first-order valence-electron chi connectivity index (χ1n) is 4.30. The Kier molecular flexibility index (Phi) is 2.87. The summed E-state index contributed by atoms with van der Waals surface area (Å²) in [6.45, 7) is 6.11. The van der Waals surface area contributed by atoms with Crippen LogP contribution in [0.2, 0.25) is 0 Å². The standard InChI is InChI=1S/C9H17N3/c1-9(2,7-10)3-5-12-6-4-11-8-12/h4,6,8H,3,5,7,10H2,1-2H3. The van der Waals surface area contributed by atoms with Crippen molar-refractivity contribution >= 4 is 0 Å². The van der Waals surface area contributed by atoms with Gasteiger partial charge in [-0.3, -0.25) is 0 Å². The van der Waals surface area contributed by atoms with Crippen LogP contribution in [0.5, 0.6) is 0 Å². The van der Waals surface area contributed by atoms with Gasteiger partial charge in [0.05, 0.1) is 6.33 Å². The van der Waals surface area contributed by atoms with Gasteiger partial charge in [0.15, 0.2) is 0 Å². The summed E-state index contributed by atoms with van der Waals surface area (Å²) in [5, 5.41) is 0. The number of aryl methyl sites for hydroxylation is 1. The lowest BCUT2D eigenvalue weighted by Gasteiger charge is -2.21. The van der Waals surface area contributed by atoms with Crippen LogP contribution < -0.4 is 5.73 Å². The summed E-state index contributed by atoms with van der Waals surface area (Å²) < 4.78 is 2.08. The van der Waals surface area contributed by atoms with E-state index in [1.165, 1.54) is 0 Å². The summed E-state index contributed by atoms with van der Waals surface area (Å²) in [7, 11) is 0. The Morgan fingerprint density at radius 2 is 2.25 bits per heavy atom. The van der Waals surface area contributed by atoms with E-state index in [0.29, 0.717) is 0 Å². The molecule has 0 amide bonds. The lowest BCUT2D eigenvalue weighted by Crippen LogP contribution is -2.24. The molecule has 0 saturated heterocycles. The SMILES string of the molecule is CC(C)(CN)CCn1ccnc1. The molecule has 1 rings (SSSR count). The van der Waals surface area contributed by atoms with E-state index < -0.39 is 0 Å². The highest BCUT2D eigenvalue weighted by Crippen LogP contribution is 2.18. The first-order valence-corrected chi connectivity index (χ1v) is 4.30. The molecule has 3 heteroatoms. The molecule has 0 aliphatic rings. The maximum atomic E-state index is 5.62. The Bertz CT molecular complexity index is 214. The second kappa shape index (κ2) is 3.72. The minimum absolute atomic E-state index is 0.240. The van der Waals surface area contributed by atoms with Gasteiger partial charge in [0.25, 0.3) is 0 Å². The maximum Gasteiger partial charge on any atom is 0.0945 e.